The molecule has 148 valence electrons. The zero-order valence-corrected chi connectivity index (χ0v) is 15.6. The first-order valence-electron chi connectivity index (χ1n) is 9.00. The summed E-state index contributed by atoms with van der Waals surface area (Å²) in [5, 5.41) is 13.4. The van der Waals surface area contributed by atoms with Gasteiger partial charge in [0.2, 0.25) is 11.7 Å². The number of halogens is 1. The fourth-order valence-electron chi connectivity index (χ4n) is 3.20. The summed E-state index contributed by atoms with van der Waals surface area (Å²) < 4.78 is 13.4. The van der Waals surface area contributed by atoms with Crippen LogP contribution in [0.1, 0.15) is 11.1 Å². The molecule has 8 nitrogen and oxygen atoms in total. The molecule has 1 N–H and O–H groups in total. The highest BCUT2D eigenvalue weighted by Gasteiger charge is 2.20. The van der Waals surface area contributed by atoms with Crippen LogP contribution in [0.25, 0.3) is 0 Å². The molecule has 28 heavy (non-hydrogen) atoms. The Balaban J connectivity index is 1.47. The lowest BCUT2D eigenvalue weighted by Gasteiger charge is -2.34. The van der Waals surface area contributed by atoms with Gasteiger partial charge in [-0.15, -0.1) is 0 Å². The molecule has 1 aromatic heterocycles. The number of rotatable bonds is 6. The van der Waals surface area contributed by atoms with E-state index >= 15 is 0 Å². The monoisotopic (exact) mass is 387 g/mol. The lowest BCUT2D eigenvalue weighted by molar-refractivity contribution is -0.387. The first-order valence-corrected chi connectivity index (χ1v) is 9.00. The number of carbonyl (C=O) groups excluding carboxylic acids is 1. The van der Waals surface area contributed by atoms with Crippen molar-refractivity contribution in [2.75, 3.05) is 38.0 Å². The molecule has 0 spiro atoms. The van der Waals surface area contributed by atoms with Crippen LogP contribution in [0.5, 0.6) is 0 Å². The molecular formula is C19H22FN5O3. The Morgan fingerprint density at radius 2 is 1.93 bits per heavy atom. The van der Waals surface area contributed by atoms with Crippen LogP contribution in [0.4, 0.5) is 15.8 Å². The SMILES string of the molecule is Cc1cncc(CN2CCN(CC(=O)Nc3ccc(F)c([N+](=O)[O-])c3)CC2)c1. The van der Waals surface area contributed by atoms with Gasteiger partial charge in [-0.3, -0.25) is 29.7 Å². The van der Waals surface area contributed by atoms with Crippen LogP contribution < -0.4 is 5.32 Å². The van der Waals surface area contributed by atoms with Gasteiger partial charge in [-0.1, -0.05) is 6.07 Å². The maximum Gasteiger partial charge on any atom is 0.306 e. The number of piperazine rings is 1. The van der Waals surface area contributed by atoms with Gasteiger partial charge in [-0.05, 0) is 30.2 Å². The molecule has 9 heteroatoms. The number of nitro groups is 1. The molecule has 1 aliphatic rings. The average molecular weight is 387 g/mol. The Hall–Kier alpha value is -2.91. The summed E-state index contributed by atoms with van der Waals surface area (Å²) in [6, 6.07) is 5.44. The van der Waals surface area contributed by atoms with Gasteiger partial charge in [0, 0.05) is 56.9 Å². The van der Waals surface area contributed by atoms with Crippen molar-refractivity contribution in [3.8, 4) is 0 Å². The van der Waals surface area contributed by atoms with Crippen LogP contribution in [0.2, 0.25) is 0 Å². The summed E-state index contributed by atoms with van der Waals surface area (Å²) in [7, 11) is 0. The van der Waals surface area contributed by atoms with E-state index in [4.69, 9.17) is 0 Å². The lowest BCUT2D eigenvalue weighted by Crippen LogP contribution is -2.48. The second-order valence-electron chi connectivity index (χ2n) is 6.89. The van der Waals surface area contributed by atoms with Crippen molar-refractivity contribution in [3.63, 3.8) is 0 Å². The van der Waals surface area contributed by atoms with Crippen LogP contribution >= 0.6 is 0 Å². The molecule has 2 heterocycles. The third-order valence-electron chi connectivity index (χ3n) is 4.60. The van der Waals surface area contributed by atoms with Crippen LogP contribution in [0, 0.1) is 22.9 Å². The lowest BCUT2D eigenvalue weighted by atomic mass is 10.2. The second-order valence-corrected chi connectivity index (χ2v) is 6.89. The van der Waals surface area contributed by atoms with Gasteiger partial charge in [0.1, 0.15) is 0 Å². The van der Waals surface area contributed by atoms with E-state index in [2.05, 4.69) is 21.3 Å². The topological polar surface area (TPSA) is 91.6 Å². The fraction of sp³-hybridized carbons (Fsp3) is 0.368. The van der Waals surface area contributed by atoms with E-state index in [1.165, 1.54) is 11.6 Å². The van der Waals surface area contributed by atoms with Crippen molar-refractivity contribution in [1.82, 2.24) is 14.8 Å². The van der Waals surface area contributed by atoms with Gasteiger partial charge in [0.05, 0.1) is 11.5 Å². The Morgan fingerprint density at radius 1 is 1.21 bits per heavy atom. The number of aryl methyl sites for hydroxylation is 1. The molecule has 0 bridgehead atoms. The molecule has 1 amide bonds. The summed E-state index contributed by atoms with van der Waals surface area (Å²) in [5.41, 5.74) is 1.86. The molecule has 3 rings (SSSR count). The molecule has 0 saturated carbocycles. The Bertz CT molecular complexity index is 868. The minimum absolute atomic E-state index is 0.186. The smallest absolute Gasteiger partial charge is 0.306 e. The average Bonchev–Trinajstić information content (AvgIpc) is 2.65. The Morgan fingerprint density at radius 3 is 2.61 bits per heavy atom. The number of anilines is 1. The summed E-state index contributed by atoms with van der Waals surface area (Å²) >= 11 is 0. The predicted molar refractivity (Wildman–Crippen MR) is 102 cm³/mol. The number of nitrogens with zero attached hydrogens (tertiary/aromatic N) is 4. The number of hydrogen-bond donors (Lipinski definition) is 1. The van der Waals surface area contributed by atoms with Crippen LogP contribution in [0.3, 0.4) is 0 Å². The highest BCUT2D eigenvalue weighted by Crippen LogP contribution is 2.21. The van der Waals surface area contributed by atoms with E-state index in [1.54, 1.807) is 0 Å². The molecule has 2 aromatic rings. The standard InChI is InChI=1S/C19H22FN5O3/c1-14-8-15(11-21-10-14)12-23-4-6-24(7-5-23)13-19(26)22-16-2-3-17(20)18(9-16)25(27)28/h2-3,8-11H,4-7,12-13H2,1H3,(H,22,26). The third-order valence-corrected chi connectivity index (χ3v) is 4.60. The predicted octanol–water partition coefficient (Wildman–Crippen LogP) is 2.19. The number of nitrogens with one attached hydrogen (secondary N) is 1. The van der Waals surface area contributed by atoms with E-state index in [0.29, 0.717) is 0 Å². The molecule has 1 aromatic carbocycles. The van der Waals surface area contributed by atoms with E-state index in [1.807, 2.05) is 24.2 Å². The van der Waals surface area contributed by atoms with Crippen molar-refractivity contribution in [2.45, 2.75) is 13.5 Å². The van der Waals surface area contributed by atoms with Crippen LogP contribution in [-0.2, 0) is 11.3 Å². The van der Waals surface area contributed by atoms with Gasteiger partial charge in [0.25, 0.3) is 0 Å². The number of pyridine rings is 1. The van der Waals surface area contributed by atoms with Crippen molar-refractivity contribution < 1.29 is 14.1 Å². The molecule has 0 aliphatic carbocycles. The highest BCUT2D eigenvalue weighted by atomic mass is 19.1. The quantitative estimate of drug-likeness (QED) is 0.604. The maximum absolute atomic E-state index is 13.4. The van der Waals surface area contributed by atoms with Crippen molar-refractivity contribution in [3.05, 3.63) is 63.7 Å². The van der Waals surface area contributed by atoms with Gasteiger partial charge in [-0.25, -0.2) is 0 Å². The van der Waals surface area contributed by atoms with E-state index in [-0.39, 0.29) is 18.1 Å². The van der Waals surface area contributed by atoms with Gasteiger partial charge in [-0.2, -0.15) is 4.39 Å². The first kappa shape index (κ1) is 19.8. The van der Waals surface area contributed by atoms with Crippen molar-refractivity contribution in [1.29, 1.82) is 0 Å². The van der Waals surface area contributed by atoms with Gasteiger partial charge in [0.15, 0.2) is 0 Å². The first-order chi connectivity index (χ1) is 13.4. The van der Waals surface area contributed by atoms with Crippen molar-refractivity contribution >= 4 is 17.3 Å². The van der Waals surface area contributed by atoms with E-state index in [0.717, 1.165) is 50.4 Å². The number of nitro benzene ring substituents is 1. The third kappa shape index (κ3) is 5.30. The number of amides is 1. The Kier molecular flexibility index (Phi) is 6.27. The van der Waals surface area contributed by atoms with Gasteiger partial charge < -0.3 is 5.32 Å². The number of aromatic nitrogens is 1. The zero-order valence-electron chi connectivity index (χ0n) is 15.6. The van der Waals surface area contributed by atoms with Crippen LogP contribution in [0.15, 0.2) is 36.7 Å². The van der Waals surface area contributed by atoms with Crippen molar-refractivity contribution in [2.24, 2.45) is 0 Å². The van der Waals surface area contributed by atoms with Gasteiger partial charge >= 0.3 is 5.69 Å². The molecule has 0 radical (unpaired) electrons. The molecule has 1 fully saturated rings. The zero-order chi connectivity index (χ0) is 20.1. The number of carbonyl (C=O) groups is 1. The highest BCUT2D eigenvalue weighted by molar-refractivity contribution is 5.92. The molecule has 0 atom stereocenters. The number of hydrogen-bond acceptors (Lipinski definition) is 6. The summed E-state index contributed by atoms with van der Waals surface area (Å²) in [5.74, 6) is -1.21. The summed E-state index contributed by atoms with van der Waals surface area (Å²) in [6.45, 7) is 6.20. The van der Waals surface area contributed by atoms with E-state index < -0.39 is 16.4 Å². The molecule has 1 aliphatic heterocycles. The van der Waals surface area contributed by atoms with Crippen LogP contribution in [-0.4, -0.2) is 58.3 Å². The minimum Gasteiger partial charge on any atom is -0.325 e. The molecular weight excluding hydrogens is 365 g/mol. The molecule has 0 unspecified atom stereocenters. The summed E-state index contributed by atoms with van der Waals surface area (Å²) in [4.78, 5) is 30.8. The normalized spacial score (nSPS) is 15.4. The maximum atomic E-state index is 13.4. The molecule has 1 saturated heterocycles. The second kappa shape index (κ2) is 8.85. The number of benzene rings is 1. The largest absolute Gasteiger partial charge is 0.325 e. The fourth-order valence-corrected chi connectivity index (χ4v) is 3.20. The Labute approximate surface area is 162 Å². The minimum atomic E-state index is -0.928. The summed E-state index contributed by atoms with van der Waals surface area (Å²) in [6.07, 6.45) is 3.70. The van der Waals surface area contributed by atoms with E-state index in [9.17, 15) is 19.3 Å².